The summed E-state index contributed by atoms with van der Waals surface area (Å²) in [6.45, 7) is 7.88. The summed E-state index contributed by atoms with van der Waals surface area (Å²) in [7, 11) is 2.10. The van der Waals surface area contributed by atoms with Crippen molar-refractivity contribution in [1.29, 1.82) is 0 Å². The first-order chi connectivity index (χ1) is 8.09. The van der Waals surface area contributed by atoms with Crippen LogP contribution in [0, 0.1) is 0 Å². The highest BCUT2D eigenvalue weighted by atomic mass is 16.5. The molecule has 2 atom stereocenters. The third kappa shape index (κ3) is 5.34. The van der Waals surface area contributed by atoms with Crippen LogP contribution in [-0.2, 0) is 4.74 Å². The molecule has 1 heterocycles. The summed E-state index contributed by atoms with van der Waals surface area (Å²) >= 11 is 0. The first-order valence-electron chi connectivity index (χ1n) is 6.75. The van der Waals surface area contributed by atoms with E-state index in [1.807, 2.05) is 0 Å². The second kappa shape index (κ2) is 7.31. The van der Waals surface area contributed by atoms with Crippen LogP contribution in [0.15, 0.2) is 0 Å². The molecule has 0 aromatic carbocycles. The molecule has 17 heavy (non-hydrogen) atoms. The Morgan fingerprint density at radius 1 is 1.47 bits per heavy atom. The summed E-state index contributed by atoms with van der Waals surface area (Å²) < 4.78 is 5.73. The minimum atomic E-state index is -0.210. The van der Waals surface area contributed by atoms with Crippen LogP contribution in [0.1, 0.15) is 33.1 Å². The highest BCUT2D eigenvalue weighted by Gasteiger charge is 2.25. The van der Waals surface area contributed by atoms with Gasteiger partial charge in [-0.3, -0.25) is 0 Å². The molecule has 1 aliphatic rings. The Morgan fingerprint density at radius 2 is 2.24 bits per heavy atom. The SMILES string of the molecule is CCNC(C)(CO)CN(C)CC1CCCCO1. The van der Waals surface area contributed by atoms with Gasteiger partial charge in [0.25, 0.3) is 0 Å². The number of rotatable bonds is 7. The first-order valence-corrected chi connectivity index (χ1v) is 6.75. The number of nitrogens with zero attached hydrogens (tertiary/aromatic N) is 1. The zero-order chi connectivity index (χ0) is 12.7. The Labute approximate surface area is 105 Å². The normalized spacial score (nSPS) is 24.9. The highest BCUT2D eigenvalue weighted by molar-refractivity contribution is 4.85. The van der Waals surface area contributed by atoms with Crippen LogP contribution in [0.5, 0.6) is 0 Å². The second-order valence-electron chi connectivity index (χ2n) is 5.43. The minimum Gasteiger partial charge on any atom is -0.394 e. The molecule has 0 bridgehead atoms. The third-order valence-corrected chi connectivity index (χ3v) is 3.36. The number of nitrogens with one attached hydrogen (secondary N) is 1. The molecule has 2 N–H and O–H groups in total. The number of aliphatic hydroxyl groups excluding tert-OH is 1. The lowest BCUT2D eigenvalue weighted by molar-refractivity contribution is -0.00696. The predicted molar refractivity (Wildman–Crippen MR) is 70.3 cm³/mol. The van der Waals surface area contributed by atoms with Crippen molar-refractivity contribution in [3.63, 3.8) is 0 Å². The molecule has 102 valence electrons. The summed E-state index contributed by atoms with van der Waals surface area (Å²) in [6, 6.07) is 0. The monoisotopic (exact) mass is 244 g/mol. The molecule has 0 aliphatic carbocycles. The van der Waals surface area contributed by atoms with Crippen LogP contribution in [0.2, 0.25) is 0 Å². The van der Waals surface area contributed by atoms with E-state index in [2.05, 4.69) is 31.1 Å². The van der Waals surface area contributed by atoms with Crippen LogP contribution in [-0.4, -0.2) is 61.5 Å². The Bertz CT molecular complexity index is 208. The number of hydrogen-bond donors (Lipinski definition) is 2. The van der Waals surface area contributed by atoms with Gasteiger partial charge in [-0.15, -0.1) is 0 Å². The smallest absolute Gasteiger partial charge is 0.0701 e. The maximum absolute atomic E-state index is 9.45. The van der Waals surface area contributed by atoms with Gasteiger partial charge < -0.3 is 20.1 Å². The Kier molecular flexibility index (Phi) is 6.41. The maximum atomic E-state index is 9.45. The van der Waals surface area contributed by atoms with Crippen LogP contribution < -0.4 is 5.32 Å². The van der Waals surface area contributed by atoms with Crippen molar-refractivity contribution >= 4 is 0 Å². The van der Waals surface area contributed by atoms with E-state index in [-0.39, 0.29) is 12.1 Å². The van der Waals surface area contributed by atoms with E-state index >= 15 is 0 Å². The van der Waals surface area contributed by atoms with Gasteiger partial charge in [-0.05, 0) is 39.8 Å². The average molecular weight is 244 g/mol. The topological polar surface area (TPSA) is 44.7 Å². The fraction of sp³-hybridized carbons (Fsp3) is 1.00. The number of ether oxygens (including phenoxy) is 1. The lowest BCUT2D eigenvalue weighted by atomic mass is 10.0. The van der Waals surface area contributed by atoms with Gasteiger partial charge in [-0.1, -0.05) is 6.92 Å². The lowest BCUT2D eigenvalue weighted by Crippen LogP contribution is -2.54. The van der Waals surface area contributed by atoms with Crippen LogP contribution in [0.25, 0.3) is 0 Å². The zero-order valence-electron chi connectivity index (χ0n) is 11.5. The van der Waals surface area contributed by atoms with Gasteiger partial charge in [0.15, 0.2) is 0 Å². The van der Waals surface area contributed by atoms with Crippen molar-refractivity contribution in [3.05, 3.63) is 0 Å². The molecule has 1 saturated heterocycles. The minimum absolute atomic E-state index is 0.163. The van der Waals surface area contributed by atoms with Crippen LogP contribution in [0.3, 0.4) is 0 Å². The maximum Gasteiger partial charge on any atom is 0.0701 e. The first kappa shape index (κ1) is 14.9. The molecular weight excluding hydrogens is 216 g/mol. The van der Waals surface area contributed by atoms with Gasteiger partial charge >= 0.3 is 0 Å². The standard InChI is InChI=1S/C13H28N2O2/c1-4-14-13(2,11-16)10-15(3)9-12-7-5-6-8-17-12/h12,14,16H,4-11H2,1-3H3. The summed E-state index contributed by atoms with van der Waals surface area (Å²) in [4.78, 5) is 2.26. The van der Waals surface area contributed by atoms with Crippen molar-refractivity contribution in [2.24, 2.45) is 0 Å². The molecule has 0 amide bonds. The quantitative estimate of drug-likeness (QED) is 0.697. The number of hydrogen-bond acceptors (Lipinski definition) is 4. The van der Waals surface area contributed by atoms with Gasteiger partial charge in [-0.2, -0.15) is 0 Å². The van der Waals surface area contributed by atoms with Gasteiger partial charge in [-0.25, -0.2) is 0 Å². The lowest BCUT2D eigenvalue weighted by Gasteiger charge is -2.35. The zero-order valence-corrected chi connectivity index (χ0v) is 11.5. The summed E-state index contributed by atoms with van der Waals surface area (Å²) in [6.07, 6.45) is 4.02. The molecule has 1 aliphatic heterocycles. The van der Waals surface area contributed by atoms with Crippen molar-refractivity contribution in [2.45, 2.75) is 44.8 Å². The van der Waals surface area contributed by atoms with Gasteiger partial charge in [0.1, 0.15) is 0 Å². The Hall–Kier alpha value is -0.160. The van der Waals surface area contributed by atoms with E-state index in [0.717, 1.165) is 26.2 Å². The van der Waals surface area contributed by atoms with E-state index in [1.165, 1.54) is 19.3 Å². The molecule has 4 heteroatoms. The molecule has 0 spiro atoms. The molecule has 0 radical (unpaired) electrons. The largest absolute Gasteiger partial charge is 0.394 e. The number of likely N-dealkylation sites (N-methyl/N-ethyl adjacent to an activating group) is 2. The molecule has 0 aromatic rings. The molecule has 0 saturated carbocycles. The van der Waals surface area contributed by atoms with E-state index in [0.29, 0.717) is 6.10 Å². The molecular formula is C13H28N2O2. The van der Waals surface area contributed by atoms with E-state index < -0.39 is 0 Å². The van der Waals surface area contributed by atoms with Gasteiger partial charge in [0.2, 0.25) is 0 Å². The molecule has 1 rings (SSSR count). The molecule has 4 nitrogen and oxygen atoms in total. The average Bonchev–Trinajstić information content (AvgIpc) is 2.30. The fourth-order valence-electron chi connectivity index (χ4n) is 2.55. The fourth-order valence-corrected chi connectivity index (χ4v) is 2.55. The summed E-state index contributed by atoms with van der Waals surface area (Å²) in [5.74, 6) is 0. The Balaban J connectivity index is 2.33. The van der Waals surface area contributed by atoms with Gasteiger partial charge in [0, 0.05) is 19.7 Å². The highest BCUT2D eigenvalue weighted by Crippen LogP contribution is 2.14. The van der Waals surface area contributed by atoms with Gasteiger partial charge in [0.05, 0.1) is 18.2 Å². The van der Waals surface area contributed by atoms with E-state index in [9.17, 15) is 5.11 Å². The summed E-state index contributed by atoms with van der Waals surface area (Å²) in [5, 5.41) is 12.8. The van der Waals surface area contributed by atoms with E-state index in [4.69, 9.17) is 4.74 Å². The Morgan fingerprint density at radius 3 is 2.76 bits per heavy atom. The summed E-state index contributed by atoms with van der Waals surface area (Å²) in [5.41, 5.74) is -0.210. The van der Waals surface area contributed by atoms with Crippen LogP contribution >= 0.6 is 0 Å². The van der Waals surface area contributed by atoms with Crippen molar-refractivity contribution < 1.29 is 9.84 Å². The second-order valence-corrected chi connectivity index (χ2v) is 5.43. The third-order valence-electron chi connectivity index (χ3n) is 3.36. The van der Waals surface area contributed by atoms with Crippen LogP contribution in [0.4, 0.5) is 0 Å². The van der Waals surface area contributed by atoms with Crippen molar-refractivity contribution in [2.75, 3.05) is 39.9 Å². The number of aliphatic hydroxyl groups is 1. The van der Waals surface area contributed by atoms with E-state index in [1.54, 1.807) is 0 Å². The molecule has 1 fully saturated rings. The van der Waals surface area contributed by atoms with Crippen molar-refractivity contribution in [3.8, 4) is 0 Å². The van der Waals surface area contributed by atoms with Crippen molar-refractivity contribution in [1.82, 2.24) is 10.2 Å². The molecule has 2 unspecified atom stereocenters. The predicted octanol–water partition coefficient (Wildman–Crippen LogP) is 0.848. The molecule has 0 aromatic heterocycles.